The van der Waals surface area contributed by atoms with Gasteiger partial charge in [-0.05, 0) is 44.9 Å². The molecule has 198 valence electrons. The molecule has 0 N–H and O–H groups in total. The number of fused-ring (bicyclic) bond motifs is 1. The number of aryl methyl sites for hydroxylation is 1. The number of likely N-dealkylation sites (N-methyl/N-ethyl adjacent to an activating group) is 1. The Balaban J connectivity index is 1.57. The molecule has 0 radical (unpaired) electrons. The minimum atomic E-state index is -0.119. The molecule has 0 saturated carbocycles. The fourth-order valence-electron chi connectivity index (χ4n) is 5.54. The first-order valence-electron chi connectivity index (χ1n) is 13.3. The number of aromatic nitrogens is 2. The molecule has 2 amide bonds. The van der Waals surface area contributed by atoms with Gasteiger partial charge in [0.05, 0.1) is 30.2 Å². The molecule has 9 nitrogen and oxygen atoms in total. The number of amides is 2. The number of hydrogen-bond donors (Lipinski definition) is 0. The van der Waals surface area contributed by atoms with Gasteiger partial charge in [-0.3, -0.25) is 9.59 Å². The van der Waals surface area contributed by atoms with E-state index in [0.717, 1.165) is 43.4 Å². The molecule has 2 saturated heterocycles. The molecule has 0 spiro atoms. The van der Waals surface area contributed by atoms with E-state index < -0.39 is 0 Å². The van der Waals surface area contributed by atoms with Gasteiger partial charge in [0, 0.05) is 59.0 Å². The molecule has 3 heterocycles. The van der Waals surface area contributed by atoms with E-state index in [9.17, 15) is 9.59 Å². The van der Waals surface area contributed by atoms with Crippen molar-refractivity contribution in [2.24, 2.45) is 5.92 Å². The molecule has 2 aliphatic heterocycles. The van der Waals surface area contributed by atoms with Crippen molar-refractivity contribution in [3.05, 3.63) is 30.1 Å². The zero-order valence-corrected chi connectivity index (χ0v) is 22.0. The highest BCUT2D eigenvalue weighted by molar-refractivity contribution is 5.95. The maximum Gasteiger partial charge on any atom is 0.290 e. The van der Waals surface area contributed by atoms with Crippen molar-refractivity contribution in [3.8, 4) is 0 Å². The van der Waals surface area contributed by atoms with Gasteiger partial charge in [-0.15, -0.1) is 0 Å². The van der Waals surface area contributed by atoms with Crippen molar-refractivity contribution in [1.82, 2.24) is 24.3 Å². The molecule has 2 aromatic rings. The number of imidazole rings is 1. The van der Waals surface area contributed by atoms with Gasteiger partial charge in [0.2, 0.25) is 5.91 Å². The minimum absolute atomic E-state index is 0.0343. The van der Waals surface area contributed by atoms with Crippen molar-refractivity contribution in [2.45, 2.75) is 45.2 Å². The number of piperidine rings is 1. The Bertz CT molecular complexity index is 1020. The lowest BCUT2D eigenvalue weighted by Gasteiger charge is -2.42. The lowest BCUT2D eigenvalue weighted by molar-refractivity contribution is -0.142. The maximum absolute atomic E-state index is 14.1. The lowest BCUT2D eigenvalue weighted by atomic mass is 9.91. The third kappa shape index (κ3) is 6.07. The van der Waals surface area contributed by atoms with E-state index in [1.807, 2.05) is 41.1 Å². The van der Waals surface area contributed by atoms with Gasteiger partial charge in [0.25, 0.3) is 5.91 Å². The van der Waals surface area contributed by atoms with Crippen molar-refractivity contribution >= 4 is 22.8 Å². The molecule has 2 aliphatic rings. The number of benzene rings is 1. The SMILES string of the molecule is CCCN(C(=O)c1nc2ccccc2n1CCCCOC)[C@H]1C[C@@H](C(=O)N2CCOCC2)CN(C)C1. The summed E-state index contributed by atoms with van der Waals surface area (Å²) in [6.45, 7) is 8.12. The summed E-state index contributed by atoms with van der Waals surface area (Å²) in [4.78, 5) is 38.3. The smallest absolute Gasteiger partial charge is 0.290 e. The Hall–Kier alpha value is -2.49. The molecule has 2 atom stereocenters. The Morgan fingerprint density at radius 2 is 1.94 bits per heavy atom. The highest BCUT2D eigenvalue weighted by Gasteiger charge is 2.38. The van der Waals surface area contributed by atoms with Crippen LogP contribution in [0.15, 0.2) is 24.3 Å². The van der Waals surface area contributed by atoms with Gasteiger partial charge in [-0.2, -0.15) is 0 Å². The molecule has 0 aliphatic carbocycles. The van der Waals surface area contributed by atoms with E-state index in [-0.39, 0.29) is 23.8 Å². The second kappa shape index (κ2) is 12.7. The fourth-order valence-corrected chi connectivity index (χ4v) is 5.54. The number of nitrogens with zero attached hydrogens (tertiary/aromatic N) is 5. The normalized spacial score (nSPS) is 21.1. The summed E-state index contributed by atoms with van der Waals surface area (Å²) in [5, 5.41) is 0. The van der Waals surface area contributed by atoms with Crippen LogP contribution in [0.3, 0.4) is 0 Å². The molecule has 1 aromatic carbocycles. The van der Waals surface area contributed by atoms with Crippen molar-refractivity contribution in [2.75, 3.05) is 66.7 Å². The number of morpholine rings is 1. The first kappa shape index (κ1) is 26.6. The molecule has 36 heavy (non-hydrogen) atoms. The summed E-state index contributed by atoms with van der Waals surface area (Å²) in [6, 6.07) is 7.91. The average molecular weight is 500 g/mol. The van der Waals surface area contributed by atoms with E-state index >= 15 is 0 Å². The quantitative estimate of drug-likeness (QED) is 0.468. The van der Waals surface area contributed by atoms with E-state index in [2.05, 4.69) is 16.4 Å². The predicted octanol–water partition coefficient (Wildman–Crippen LogP) is 2.49. The van der Waals surface area contributed by atoms with Crippen LogP contribution < -0.4 is 0 Å². The molecule has 9 heteroatoms. The van der Waals surface area contributed by atoms with Gasteiger partial charge in [-0.25, -0.2) is 4.98 Å². The molecular formula is C27H41N5O4. The van der Waals surface area contributed by atoms with Crippen LogP contribution in [0.4, 0.5) is 0 Å². The molecule has 1 aromatic heterocycles. The van der Waals surface area contributed by atoms with Crippen LogP contribution in [0.5, 0.6) is 0 Å². The topological polar surface area (TPSA) is 80.1 Å². The monoisotopic (exact) mass is 499 g/mol. The van der Waals surface area contributed by atoms with Crippen molar-refractivity contribution in [1.29, 1.82) is 0 Å². The van der Waals surface area contributed by atoms with E-state index in [4.69, 9.17) is 14.5 Å². The summed E-state index contributed by atoms with van der Waals surface area (Å²) >= 11 is 0. The lowest BCUT2D eigenvalue weighted by Crippen LogP contribution is -2.56. The van der Waals surface area contributed by atoms with E-state index in [1.165, 1.54) is 0 Å². The summed E-state index contributed by atoms with van der Waals surface area (Å²) in [5.74, 6) is 0.514. The largest absolute Gasteiger partial charge is 0.385 e. The Morgan fingerprint density at radius 1 is 1.17 bits per heavy atom. The summed E-state index contributed by atoms with van der Waals surface area (Å²) < 4.78 is 12.7. The zero-order valence-electron chi connectivity index (χ0n) is 22.0. The number of rotatable bonds is 10. The third-order valence-electron chi connectivity index (χ3n) is 7.28. The predicted molar refractivity (Wildman–Crippen MR) is 139 cm³/mol. The van der Waals surface area contributed by atoms with Gasteiger partial charge in [0.1, 0.15) is 0 Å². The van der Waals surface area contributed by atoms with Gasteiger partial charge in [0.15, 0.2) is 5.82 Å². The van der Waals surface area contributed by atoms with E-state index in [1.54, 1.807) is 7.11 Å². The molecule has 0 unspecified atom stereocenters. The van der Waals surface area contributed by atoms with Crippen molar-refractivity contribution in [3.63, 3.8) is 0 Å². The summed E-state index contributed by atoms with van der Waals surface area (Å²) in [7, 11) is 3.76. The number of methoxy groups -OCH3 is 1. The maximum atomic E-state index is 14.1. The van der Waals surface area contributed by atoms with Crippen LogP contribution in [0.25, 0.3) is 11.0 Å². The first-order chi connectivity index (χ1) is 17.5. The number of ether oxygens (including phenoxy) is 2. The Labute approximate surface area is 214 Å². The second-order valence-electron chi connectivity index (χ2n) is 10.0. The molecular weight excluding hydrogens is 458 g/mol. The highest BCUT2D eigenvalue weighted by atomic mass is 16.5. The first-order valence-corrected chi connectivity index (χ1v) is 13.3. The number of likely N-dealkylation sites (tertiary alicyclic amines) is 1. The second-order valence-corrected chi connectivity index (χ2v) is 10.0. The van der Waals surface area contributed by atoms with Crippen LogP contribution in [-0.4, -0.2) is 109 Å². The van der Waals surface area contributed by atoms with E-state index in [0.29, 0.717) is 58.2 Å². The van der Waals surface area contributed by atoms with Gasteiger partial charge >= 0.3 is 0 Å². The number of hydrogen-bond acceptors (Lipinski definition) is 6. The molecule has 0 bridgehead atoms. The third-order valence-corrected chi connectivity index (χ3v) is 7.28. The van der Waals surface area contributed by atoms with Crippen molar-refractivity contribution < 1.29 is 19.1 Å². The fraction of sp³-hybridized carbons (Fsp3) is 0.667. The van der Waals surface area contributed by atoms with Gasteiger partial charge < -0.3 is 28.7 Å². The number of carbonyl (C=O) groups excluding carboxylic acids is 2. The molecule has 2 fully saturated rings. The Kier molecular flexibility index (Phi) is 9.34. The molecule has 4 rings (SSSR count). The van der Waals surface area contributed by atoms with Crippen LogP contribution in [0.1, 0.15) is 43.2 Å². The van der Waals surface area contributed by atoms with Crippen LogP contribution in [-0.2, 0) is 20.8 Å². The van der Waals surface area contributed by atoms with Gasteiger partial charge in [-0.1, -0.05) is 19.1 Å². The summed E-state index contributed by atoms with van der Waals surface area (Å²) in [6.07, 6.45) is 3.36. The minimum Gasteiger partial charge on any atom is -0.385 e. The number of para-hydroxylation sites is 2. The Morgan fingerprint density at radius 3 is 2.69 bits per heavy atom. The van der Waals surface area contributed by atoms with Crippen LogP contribution in [0.2, 0.25) is 0 Å². The highest BCUT2D eigenvalue weighted by Crippen LogP contribution is 2.26. The van der Waals surface area contributed by atoms with Crippen LogP contribution >= 0.6 is 0 Å². The zero-order chi connectivity index (χ0) is 25.5. The number of unbranched alkanes of at least 4 members (excludes halogenated alkanes) is 1. The van der Waals surface area contributed by atoms with Crippen LogP contribution in [0, 0.1) is 5.92 Å². The standard InChI is InChI=1S/C27H41N5O4/c1-4-11-31(22-18-21(19-29(2)20-22)26(33)30-13-16-36-17-14-30)27(34)25-28-23-9-5-6-10-24(23)32(25)12-7-8-15-35-3/h5-6,9-10,21-22H,4,7-8,11-20H2,1-3H3/t21-,22+/m1/s1. The summed E-state index contributed by atoms with van der Waals surface area (Å²) in [5.41, 5.74) is 1.82. The average Bonchev–Trinajstić information content (AvgIpc) is 3.27. The number of carbonyl (C=O) groups is 2.